The van der Waals surface area contributed by atoms with Gasteiger partial charge < -0.3 is 9.47 Å². The Hall–Kier alpha value is -3.08. The summed E-state index contributed by atoms with van der Waals surface area (Å²) in [5.41, 5.74) is 5.45. The summed E-state index contributed by atoms with van der Waals surface area (Å²) < 4.78 is 12.8. The Balaban J connectivity index is 1.94. The first kappa shape index (κ1) is 22.1. The first-order valence-electron chi connectivity index (χ1n) is 11.0. The zero-order valence-electron chi connectivity index (χ0n) is 20.1. The van der Waals surface area contributed by atoms with E-state index in [-0.39, 0.29) is 16.6 Å². The molecule has 1 heterocycles. The van der Waals surface area contributed by atoms with Crippen molar-refractivity contribution >= 4 is 5.78 Å². The second-order valence-corrected chi connectivity index (χ2v) is 10.4. The molecule has 1 aliphatic rings. The molecule has 0 atom stereocenters. The number of methoxy groups -OCH3 is 2. The lowest BCUT2D eigenvalue weighted by Crippen LogP contribution is -2.26. The van der Waals surface area contributed by atoms with Crippen molar-refractivity contribution in [2.24, 2.45) is 5.41 Å². The van der Waals surface area contributed by atoms with Gasteiger partial charge in [0.1, 0.15) is 0 Å². The molecule has 0 spiro atoms. The van der Waals surface area contributed by atoms with Crippen LogP contribution in [0.3, 0.4) is 0 Å². The van der Waals surface area contributed by atoms with Crippen molar-refractivity contribution in [1.82, 2.24) is 9.78 Å². The Kier molecular flexibility index (Phi) is 5.40. The molecule has 2 aromatic carbocycles. The maximum atomic E-state index is 13.3. The molecule has 0 radical (unpaired) electrons. The zero-order valence-corrected chi connectivity index (χ0v) is 20.1. The number of Topliss-reactive ketones (excluding diaryl/α,β-unsaturated/α-hetero) is 1. The van der Waals surface area contributed by atoms with E-state index in [0.717, 1.165) is 34.6 Å². The minimum absolute atomic E-state index is 0.0569. The molecule has 5 nitrogen and oxygen atoms in total. The fourth-order valence-corrected chi connectivity index (χ4v) is 4.46. The molecule has 5 heteroatoms. The summed E-state index contributed by atoms with van der Waals surface area (Å²) in [6.07, 6.45) is 1.28. The number of carbonyl (C=O) groups excluding carboxylic acids is 1. The summed E-state index contributed by atoms with van der Waals surface area (Å²) in [6, 6.07) is 14.2. The molecule has 32 heavy (non-hydrogen) atoms. The van der Waals surface area contributed by atoms with Crippen molar-refractivity contribution in [2.75, 3.05) is 14.2 Å². The van der Waals surface area contributed by atoms with E-state index in [2.05, 4.69) is 58.9 Å². The van der Waals surface area contributed by atoms with Gasteiger partial charge in [0, 0.05) is 18.1 Å². The fraction of sp³-hybridized carbons (Fsp3) is 0.407. The van der Waals surface area contributed by atoms with Gasteiger partial charge in [0.15, 0.2) is 17.3 Å². The molecule has 168 valence electrons. The Bertz CT molecular complexity index is 1160. The number of ketones is 1. The van der Waals surface area contributed by atoms with Crippen LogP contribution in [0, 0.1) is 5.41 Å². The zero-order chi connectivity index (χ0) is 23.3. The van der Waals surface area contributed by atoms with Crippen LogP contribution in [0.15, 0.2) is 42.5 Å². The Morgan fingerprint density at radius 3 is 2.19 bits per heavy atom. The molecule has 4 rings (SSSR count). The summed E-state index contributed by atoms with van der Waals surface area (Å²) >= 11 is 0. The van der Waals surface area contributed by atoms with E-state index in [4.69, 9.17) is 14.6 Å². The standard InChI is InChI=1S/C27H32N2O3/c1-26(2,3)18-10-8-17(9-11-18)25-24-20(15-27(4,5)16-21(24)30)28-29(25)19-12-13-22(31-6)23(14-19)32-7/h8-14H,15-16H2,1-7H3. The van der Waals surface area contributed by atoms with Gasteiger partial charge in [0.2, 0.25) is 0 Å². The van der Waals surface area contributed by atoms with Crippen molar-refractivity contribution < 1.29 is 14.3 Å². The first-order chi connectivity index (χ1) is 15.0. The quantitative estimate of drug-likeness (QED) is 0.507. The lowest BCUT2D eigenvalue weighted by Gasteiger charge is -2.27. The average Bonchev–Trinajstić information content (AvgIpc) is 3.11. The van der Waals surface area contributed by atoms with E-state index >= 15 is 0 Å². The lowest BCUT2D eigenvalue weighted by molar-refractivity contribution is 0.0912. The van der Waals surface area contributed by atoms with Crippen LogP contribution in [-0.2, 0) is 11.8 Å². The summed E-state index contributed by atoms with van der Waals surface area (Å²) in [5.74, 6) is 1.43. The maximum Gasteiger partial charge on any atom is 0.167 e. The number of fused-ring (bicyclic) bond motifs is 1. The van der Waals surface area contributed by atoms with Gasteiger partial charge in [-0.25, -0.2) is 4.68 Å². The van der Waals surface area contributed by atoms with Gasteiger partial charge in [-0.2, -0.15) is 5.10 Å². The number of benzene rings is 2. The van der Waals surface area contributed by atoms with Crippen LogP contribution in [0.2, 0.25) is 0 Å². The number of hydrogen-bond acceptors (Lipinski definition) is 4. The van der Waals surface area contributed by atoms with Gasteiger partial charge >= 0.3 is 0 Å². The van der Waals surface area contributed by atoms with Crippen LogP contribution in [-0.4, -0.2) is 29.8 Å². The van der Waals surface area contributed by atoms with E-state index < -0.39 is 0 Å². The minimum Gasteiger partial charge on any atom is -0.493 e. The van der Waals surface area contributed by atoms with Crippen LogP contribution >= 0.6 is 0 Å². The molecule has 0 bridgehead atoms. The molecule has 0 fully saturated rings. The summed E-state index contributed by atoms with van der Waals surface area (Å²) in [6.45, 7) is 10.8. The third-order valence-electron chi connectivity index (χ3n) is 6.16. The number of hydrogen-bond donors (Lipinski definition) is 0. The predicted molar refractivity (Wildman–Crippen MR) is 127 cm³/mol. The molecule has 0 unspecified atom stereocenters. The second kappa shape index (κ2) is 7.80. The molecule has 0 amide bonds. The fourth-order valence-electron chi connectivity index (χ4n) is 4.46. The Labute approximate surface area is 190 Å². The maximum absolute atomic E-state index is 13.3. The molecule has 0 aliphatic heterocycles. The van der Waals surface area contributed by atoms with E-state index in [0.29, 0.717) is 17.9 Å². The Morgan fingerprint density at radius 1 is 0.938 bits per heavy atom. The highest BCUT2D eigenvalue weighted by atomic mass is 16.5. The molecule has 3 aromatic rings. The van der Waals surface area contributed by atoms with Gasteiger partial charge in [-0.15, -0.1) is 0 Å². The molecular weight excluding hydrogens is 400 g/mol. The summed E-state index contributed by atoms with van der Waals surface area (Å²) in [7, 11) is 3.24. The van der Waals surface area contributed by atoms with Crippen LogP contribution in [0.1, 0.15) is 62.7 Å². The average molecular weight is 433 g/mol. The topological polar surface area (TPSA) is 53.4 Å². The van der Waals surface area contributed by atoms with Crippen LogP contribution < -0.4 is 9.47 Å². The number of nitrogens with zero attached hydrogens (tertiary/aromatic N) is 2. The number of aromatic nitrogens is 2. The van der Waals surface area contributed by atoms with Gasteiger partial charge in [-0.1, -0.05) is 58.9 Å². The van der Waals surface area contributed by atoms with Crippen molar-refractivity contribution in [3.8, 4) is 28.4 Å². The van der Waals surface area contributed by atoms with Crippen LogP contribution in [0.4, 0.5) is 0 Å². The summed E-state index contributed by atoms with van der Waals surface area (Å²) in [5, 5.41) is 4.94. The highest BCUT2D eigenvalue weighted by Crippen LogP contribution is 2.41. The number of ether oxygens (including phenoxy) is 2. The predicted octanol–water partition coefficient (Wildman–Crippen LogP) is 6.01. The minimum atomic E-state index is -0.103. The highest BCUT2D eigenvalue weighted by Gasteiger charge is 2.37. The molecule has 0 saturated heterocycles. The van der Waals surface area contributed by atoms with Crippen LogP contribution in [0.25, 0.3) is 16.9 Å². The normalized spacial score (nSPS) is 15.4. The summed E-state index contributed by atoms with van der Waals surface area (Å²) in [4.78, 5) is 13.3. The van der Waals surface area contributed by atoms with E-state index in [1.165, 1.54) is 5.56 Å². The molecular formula is C27H32N2O3. The third-order valence-corrected chi connectivity index (χ3v) is 6.16. The van der Waals surface area contributed by atoms with Crippen molar-refractivity contribution in [3.63, 3.8) is 0 Å². The van der Waals surface area contributed by atoms with Gasteiger partial charge in [0.05, 0.1) is 36.9 Å². The van der Waals surface area contributed by atoms with Crippen molar-refractivity contribution in [1.29, 1.82) is 0 Å². The first-order valence-corrected chi connectivity index (χ1v) is 11.0. The second-order valence-electron chi connectivity index (χ2n) is 10.4. The number of carbonyl (C=O) groups is 1. The number of rotatable bonds is 4. The highest BCUT2D eigenvalue weighted by molar-refractivity contribution is 6.04. The van der Waals surface area contributed by atoms with E-state index in [9.17, 15) is 4.79 Å². The molecule has 1 aliphatic carbocycles. The van der Waals surface area contributed by atoms with Gasteiger partial charge in [-0.3, -0.25) is 4.79 Å². The Morgan fingerprint density at radius 2 is 1.59 bits per heavy atom. The monoisotopic (exact) mass is 432 g/mol. The SMILES string of the molecule is COc1ccc(-n2nc3c(c2-c2ccc(C(C)(C)C)cc2)C(=O)CC(C)(C)C3)cc1OC. The largest absolute Gasteiger partial charge is 0.493 e. The lowest BCUT2D eigenvalue weighted by atomic mass is 9.75. The van der Waals surface area contributed by atoms with E-state index in [1.54, 1.807) is 14.2 Å². The molecule has 0 N–H and O–H groups in total. The van der Waals surface area contributed by atoms with Gasteiger partial charge in [-0.05, 0) is 34.9 Å². The van der Waals surface area contributed by atoms with Gasteiger partial charge in [0.25, 0.3) is 0 Å². The third kappa shape index (κ3) is 3.92. The molecule has 0 saturated carbocycles. The molecule has 1 aromatic heterocycles. The van der Waals surface area contributed by atoms with Crippen molar-refractivity contribution in [3.05, 3.63) is 59.3 Å². The van der Waals surface area contributed by atoms with Crippen LogP contribution in [0.5, 0.6) is 11.5 Å². The van der Waals surface area contributed by atoms with E-state index in [1.807, 2.05) is 22.9 Å². The smallest absolute Gasteiger partial charge is 0.167 e. The van der Waals surface area contributed by atoms with Crippen molar-refractivity contribution in [2.45, 2.75) is 52.9 Å².